The normalized spacial score (nSPS) is 12.1. The third-order valence-corrected chi connectivity index (χ3v) is 7.18. The number of aryl methyl sites for hydroxylation is 1. The lowest BCUT2D eigenvalue weighted by Gasteiger charge is -2.29. The maximum Gasteiger partial charge on any atom is 0.242 e. The Labute approximate surface area is 211 Å². The molecule has 1 atom stereocenters. The van der Waals surface area contributed by atoms with E-state index in [0.717, 1.165) is 28.3 Å². The lowest BCUT2D eigenvalue weighted by atomic mass is 10.1. The minimum absolute atomic E-state index is 0.125. The van der Waals surface area contributed by atoms with Crippen LogP contribution in [0.1, 0.15) is 44.2 Å². The summed E-state index contributed by atoms with van der Waals surface area (Å²) in [4.78, 5) is 27.4. The van der Waals surface area contributed by atoms with Crippen molar-refractivity contribution in [2.75, 3.05) is 23.7 Å². The van der Waals surface area contributed by atoms with Crippen molar-refractivity contribution in [1.29, 1.82) is 0 Å². The summed E-state index contributed by atoms with van der Waals surface area (Å²) in [6.45, 7) is 6.64. The summed E-state index contributed by atoms with van der Waals surface area (Å²) in [7, 11) is -3.50. The Kier molecular flexibility index (Phi) is 10.6. The van der Waals surface area contributed by atoms with Gasteiger partial charge in [-0.15, -0.1) is 0 Å². The third-order valence-electron chi connectivity index (χ3n) is 5.46. The van der Waals surface area contributed by atoms with Gasteiger partial charge in [-0.25, -0.2) is 8.42 Å². The molecule has 0 aliphatic carbocycles. The number of halogens is 1. The van der Waals surface area contributed by atoms with Crippen LogP contribution < -0.4 is 9.62 Å². The second-order valence-electron chi connectivity index (χ2n) is 8.39. The van der Waals surface area contributed by atoms with E-state index in [0.29, 0.717) is 25.2 Å². The first-order valence-corrected chi connectivity index (χ1v) is 14.0. The van der Waals surface area contributed by atoms with Crippen LogP contribution in [0.15, 0.2) is 53.0 Å². The maximum absolute atomic E-state index is 13.2. The summed E-state index contributed by atoms with van der Waals surface area (Å²) in [5.74, 6) is -0.399. The zero-order valence-corrected chi connectivity index (χ0v) is 22.7. The molecular weight excluding hydrogens is 518 g/mol. The number of sulfonamides is 1. The highest BCUT2D eigenvalue weighted by Crippen LogP contribution is 2.20. The van der Waals surface area contributed by atoms with Crippen LogP contribution in [-0.4, -0.2) is 50.5 Å². The first-order valence-electron chi connectivity index (χ1n) is 11.4. The topological polar surface area (TPSA) is 86.8 Å². The zero-order valence-electron chi connectivity index (χ0n) is 20.3. The first-order chi connectivity index (χ1) is 16.0. The fraction of sp³-hybridized carbons (Fsp3) is 0.440. The number of amides is 2. The molecule has 0 aliphatic heterocycles. The predicted octanol–water partition coefficient (Wildman–Crippen LogP) is 4.25. The average molecular weight is 553 g/mol. The van der Waals surface area contributed by atoms with Crippen LogP contribution in [0.3, 0.4) is 0 Å². The Morgan fingerprint density at radius 2 is 1.68 bits per heavy atom. The number of hydrogen-bond donors (Lipinski definition) is 1. The molecule has 0 aliphatic rings. The number of carbonyl (C=O) groups is 2. The van der Waals surface area contributed by atoms with Crippen molar-refractivity contribution in [2.45, 2.75) is 52.6 Å². The molecule has 34 heavy (non-hydrogen) atoms. The number of benzene rings is 2. The summed E-state index contributed by atoms with van der Waals surface area (Å²) in [6.07, 6.45) is 2.42. The van der Waals surface area contributed by atoms with Crippen LogP contribution >= 0.6 is 15.9 Å². The SMILES string of the molecule is CCCNC(=O)C(C)N(Cc1ccc(Br)cc1)C(=O)CCCN(c1ccc(C)cc1)S(C)(=O)=O. The first kappa shape index (κ1) is 27.9. The van der Waals surface area contributed by atoms with Gasteiger partial charge in [0, 0.05) is 30.5 Å². The van der Waals surface area contributed by atoms with E-state index in [9.17, 15) is 18.0 Å². The van der Waals surface area contributed by atoms with Gasteiger partial charge in [-0.3, -0.25) is 13.9 Å². The second-order valence-corrected chi connectivity index (χ2v) is 11.2. The fourth-order valence-corrected chi connectivity index (χ4v) is 4.71. The number of nitrogens with zero attached hydrogens (tertiary/aromatic N) is 2. The summed E-state index contributed by atoms with van der Waals surface area (Å²) in [5, 5.41) is 2.85. The van der Waals surface area contributed by atoms with Gasteiger partial charge in [0.05, 0.1) is 11.9 Å². The largest absolute Gasteiger partial charge is 0.354 e. The predicted molar refractivity (Wildman–Crippen MR) is 140 cm³/mol. The summed E-state index contributed by atoms with van der Waals surface area (Å²) in [5.41, 5.74) is 2.51. The molecule has 186 valence electrons. The lowest BCUT2D eigenvalue weighted by Crippen LogP contribution is -2.47. The van der Waals surface area contributed by atoms with Gasteiger partial charge in [0.2, 0.25) is 21.8 Å². The van der Waals surface area contributed by atoms with Crippen LogP contribution in [0.2, 0.25) is 0 Å². The van der Waals surface area contributed by atoms with E-state index in [2.05, 4.69) is 21.2 Å². The Hall–Kier alpha value is -2.39. The Balaban J connectivity index is 2.13. The van der Waals surface area contributed by atoms with Crippen molar-refractivity contribution >= 4 is 43.5 Å². The number of anilines is 1. The van der Waals surface area contributed by atoms with Crippen LogP contribution in [0.5, 0.6) is 0 Å². The average Bonchev–Trinajstić information content (AvgIpc) is 2.79. The van der Waals surface area contributed by atoms with Gasteiger partial charge in [-0.2, -0.15) is 0 Å². The maximum atomic E-state index is 13.2. The van der Waals surface area contributed by atoms with Crippen LogP contribution in [0, 0.1) is 6.92 Å². The molecule has 0 saturated carbocycles. The van der Waals surface area contributed by atoms with E-state index in [-0.39, 0.29) is 24.8 Å². The van der Waals surface area contributed by atoms with E-state index < -0.39 is 16.1 Å². The monoisotopic (exact) mass is 551 g/mol. The quantitative estimate of drug-likeness (QED) is 0.427. The van der Waals surface area contributed by atoms with Gasteiger partial charge in [0.25, 0.3) is 0 Å². The van der Waals surface area contributed by atoms with Crippen molar-refractivity contribution < 1.29 is 18.0 Å². The van der Waals surface area contributed by atoms with E-state index in [4.69, 9.17) is 0 Å². The highest BCUT2D eigenvalue weighted by molar-refractivity contribution is 9.10. The molecule has 0 heterocycles. The van der Waals surface area contributed by atoms with Crippen molar-refractivity contribution in [2.24, 2.45) is 0 Å². The van der Waals surface area contributed by atoms with E-state index in [1.165, 1.54) is 4.31 Å². The number of nitrogens with one attached hydrogen (secondary N) is 1. The standard InChI is InChI=1S/C25H34BrN3O4S/c1-5-16-27-25(31)20(3)28(18-21-10-12-22(26)13-11-21)24(30)7-6-17-29(34(4,32)33)23-14-8-19(2)9-15-23/h8-15,20H,5-7,16-18H2,1-4H3,(H,27,31). The van der Waals surface area contributed by atoms with Gasteiger partial charge >= 0.3 is 0 Å². The molecule has 2 amide bonds. The van der Waals surface area contributed by atoms with E-state index in [1.54, 1.807) is 24.0 Å². The minimum Gasteiger partial charge on any atom is -0.354 e. The second kappa shape index (κ2) is 12.9. The molecular formula is C25H34BrN3O4S. The van der Waals surface area contributed by atoms with Gasteiger partial charge in [0.1, 0.15) is 6.04 Å². The highest BCUT2D eigenvalue weighted by atomic mass is 79.9. The van der Waals surface area contributed by atoms with Gasteiger partial charge in [-0.1, -0.05) is 52.7 Å². The molecule has 0 radical (unpaired) electrons. The number of hydrogen-bond acceptors (Lipinski definition) is 4. The van der Waals surface area contributed by atoms with Gasteiger partial charge in [0.15, 0.2) is 0 Å². The molecule has 2 rings (SSSR count). The van der Waals surface area contributed by atoms with E-state index in [1.807, 2.05) is 50.2 Å². The van der Waals surface area contributed by atoms with Crippen LogP contribution in [0.4, 0.5) is 5.69 Å². The molecule has 1 N–H and O–H groups in total. The smallest absolute Gasteiger partial charge is 0.242 e. The zero-order chi connectivity index (χ0) is 25.3. The van der Waals surface area contributed by atoms with E-state index >= 15 is 0 Å². The van der Waals surface area contributed by atoms with Gasteiger partial charge in [-0.05, 0) is 56.5 Å². The number of rotatable bonds is 12. The molecule has 0 saturated heterocycles. The molecule has 0 spiro atoms. The van der Waals surface area contributed by atoms with Gasteiger partial charge < -0.3 is 10.2 Å². The summed E-state index contributed by atoms with van der Waals surface area (Å²) >= 11 is 3.41. The molecule has 2 aromatic carbocycles. The highest BCUT2D eigenvalue weighted by Gasteiger charge is 2.26. The van der Waals surface area contributed by atoms with Crippen LogP contribution in [-0.2, 0) is 26.2 Å². The Bertz CT molecular complexity index is 1060. The molecule has 0 bridgehead atoms. The van der Waals surface area contributed by atoms with Crippen molar-refractivity contribution in [3.05, 3.63) is 64.1 Å². The molecule has 0 aromatic heterocycles. The molecule has 7 nitrogen and oxygen atoms in total. The number of carbonyl (C=O) groups excluding carboxylic acids is 2. The van der Waals surface area contributed by atoms with Crippen molar-refractivity contribution in [3.63, 3.8) is 0 Å². The summed E-state index contributed by atoms with van der Waals surface area (Å²) in [6, 6.07) is 14.2. The Morgan fingerprint density at radius 1 is 1.06 bits per heavy atom. The fourth-order valence-electron chi connectivity index (χ4n) is 3.48. The Morgan fingerprint density at radius 3 is 2.24 bits per heavy atom. The lowest BCUT2D eigenvalue weighted by molar-refractivity contribution is -0.140. The molecule has 9 heteroatoms. The molecule has 1 unspecified atom stereocenters. The molecule has 0 fully saturated rings. The minimum atomic E-state index is -3.50. The van der Waals surface area contributed by atoms with Crippen LogP contribution in [0.25, 0.3) is 0 Å². The molecule has 2 aromatic rings. The third kappa shape index (κ3) is 8.43. The van der Waals surface area contributed by atoms with Crippen molar-refractivity contribution in [1.82, 2.24) is 10.2 Å². The summed E-state index contributed by atoms with van der Waals surface area (Å²) < 4.78 is 27.0. The van der Waals surface area contributed by atoms with Crippen molar-refractivity contribution in [3.8, 4) is 0 Å².